The number of anilines is 1. The summed E-state index contributed by atoms with van der Waals surface area (Å²) < 4.78 is 0. The first-order valence-electron chi connectivity index (χ1n) is 3.06. The molecule has 0 amide bonds. The van der Waals surface area contributed by atoms with Crippen LogP contribution in [-0.2, 0) is 0 Å². The van der Waals surface area contributed by atoms with Crippen molar-refractivity contribution in [3.8, 4) is 6.57 Å². The van der Waals surface area contributed by atoms with E-state index in [0.717, 1.165) is 11.3 Å². The molecule has 2 nitrogen and oxygen atoms in total. The summed E-state index contributed by atoms with van der Waals surface area (Å²) in [6.07, 6.45) is 0. The van der Waals surface area contributed by atoms with Crippen LogP contribution in [0.5, 0.6) is 0 Å². The largest absolute Gasteiger partial charge is 0.305 e. The molecule has 0 atom stereocenters. The summed E-state index contributed by atoms with van der Waals surface area (Å²) in [5.41, 5.74) is 4.76. The van der Waals surface area contributed by atoms with Crippen molar-refractivity contribution in [2.45, 2.75) is 6.92 Å². The van der Waals surface area contributed by atoms with E-state index in [9.17, 15) is 0 Å². The molecule has 0 spiro atoms. The van der Waals surface area contributed by atoms with Gasteiger partial charge in [0.05, 0.1) is 4.95 Å². The minimum atomic E-state index is 0.949. The van der Waals surface area contributed by atoms with Crippen molar-refractivity contribution in [2.24, 2.45) is 0 Å². The third-order valence-electron chi connectivity index (χ3n) is 1.33. The standard InChI is InChI=1S/C8H9N2/c1-7-5-3-4-6-8(7)10-9-2/h2-6,10H,1H3/q+1. The Bertz CT molecular complexity index is 260. The summed E-state index contributed by atoms with van der Waals surface area (Å²) >= 11 is 0. The number of nitrogens with zero attached hydrogens (tertiary/aromatic N) is 1. The Morgan fingerprint density at radius 2 is 2.10 bits per heavy atom. The number of aryl methyl sites for hydroxylation is 1. The molecule has 1 rings (SSSR count). The quantitative estimate of drug-likeness (QED) is 0.581. The summed E-state index contributed by atoms with van der Waals surface area (Å²) in [4.78, 5) is 3.32. The van der Waals surface area contributed by atoms with Crippen LogP contribution in [-0.4, -0.2) is 0 Å². The fraction of sp³-hybridized carbons (Fsp3) is 0.125. The predicted octanol–water partition coefficient (Wildman–Crippen LogP) is 2.28. The average molecular weight is 133 g/mol. The second-order valence-electron chi connectivity index (χ2n) is 2.06. The van der Waals surface area contributed by atoms with E-state index in [1.165, 1.54) is 0 Å². The van der Waals surface area contributed by atoms with E-state index in [2.05, 4.69) is 10.4 Å². The molecule has 0 aromatic heterocycles. The summed E-state index contributed by atoms with van der Waals surface area (Å²) in [7, 11) is 0. The van der Waals surface area contributed by atoms with Crippen LogP contribution in [0.2, 0.25) is 0 Å². The number of hydrogen-bond donors (Lipinski definition) is 1. The molecule has 0 bridgehead atoms. The van der Waals surface area contributed by atoms with Gasteiger partial charge in [-0.1, -0.05) is 18.2 Å². The Hall–Kier alpha value is -1.49. The zero-order valence-electron chi connectivity index (χ0n) is 5.83. The maximum absolute atomic E-state index is 4.94. The van der Waals surface area contributed by atoms with Crippen molar-refractivity contribution >= 4 is 5.69 Å². The van der Waals surface area contributed by atoms with E-state index in [-0.39, 0.29) is 0 Å². The van der Waals surface area contributed by atoms with Gasteiger partial charge >= 0.3 is 6.57 Å². The van der Waals surface area contributed by atoms with Gasteiger partial charge in [-0.25, -0.2) is 0 Å². The first-order chi connectivity index (χ1) is 4.84. The summed E-state index contributed by atoms with van der Waals surface area (Å²) in [6.45, 7) is 6.94. The molecule has 0 aliphatic heterocycles. The molecule has 1 aromatic rings. The van der Waals surface area contributed by atoms with Crippen LogP contribution in [0.15, 0.2) is 24.3 Å². The molecule has 1 N–H and O–H groups in total. The number of hydrogen-bond acceptors (Lipinski definition) is 1. The zero-order valence-corrected chi connectivity index (χ0v) is 5.83. The molecule has 0 unspecified atom stereocenters. The smallest absolute Gasteiger partial charge is 0.0618 e. The second kappa shape index (κ2) is 2.88. The third-order valence-corrected chi connectivity index (χ3v) is 1.33. The molecule has 0 saturated heterocycles. The molecule has 10 heavy (non-hydrogen) atoms. The molecule has 0 aliphatic carbocycles. The highest BCUT2D eigenvalue weighted by Gasteiger charge is 1.96. The van der Waals surface area contributed by atoms with Crippen LogP contribution in [0.4, 0.5) is 5.69 Å². The SMILES string of the molecule is C#[N+]Nc1ccccc1C. The van der Waals surface area contributed by atoms with Gasteiger partial charge in [0.15, 0.2) is 0 Å². The van der Waals surface area contributed by atoms with E-state index < -0.39 is 0 Å². The summed E-state index contributed by atoms with van der Waals surface area (Å²) in [6, 6.07) is 7.82. The molecule has 0 heterocycles. The van der Waals surface area contributed by atoms with Crippen LogP contribution in [0, 0.1) is 13.5 Å². The van der Waals surface area contributed by atoms with Crippen LogP contribution >= 0.6 is 0 Å². The molecule has 0 aliphatic rings. The highest BCUT2D eigenvalue weighted by Crippen LogP contribution is 2.12. The van der Waals surface area contributed by atoms with Crippen LogP contribution in [0.3, 0.4) is 0 Å². The van der Waals surface area contributed by atoms with Gasteiger partial charge in [-0.3, -0.25) is 0 Å². The van der Waals surface area contributed by atoms with Crippen LogP contribution in [0.1, 0.15) is 5.56 Å². The third kappa shape index (κ3) is 1.26. The Kier molecular flexibility index (Phi) is 1.91. The molecule has 0 saturated carbocycles. The fourth-order valence-electron chi connectivity index (χ4n) is 0.768. The lowest BCUT2D eigenvalue weighted by Gasteiger charge is -1.93. The fourth-order valence-corrected chi connectivity index (χ4v) is 0.768. The Morgan fingerprint density at radius 3 is 2.70 bits per heavy atom. The minimum Gasteiger partial charge on any atom is -0.0618 e. The maximum Gasteiger partial charge on any atom is 0.305 e. The van der Waals surface area contributed by atoms with Gasteiger partial charge in [0.1, 0.15) is 5.69 Å². The van der Waals surface area contributed by atoms with Crippen molar-refractivity contribution in [1.82, 2.24) is 0 Å². The normalized spacial score (nSPS) is 8.40. The lowest BCUT2D eigenvalue weighted by atomic mass is 10.2. The van der Waals surface area contributed by atoms with Crippen molar-refractivity contribution in [1.29, 1.82) is 0 Å². The topological polar surface area (TPSA) is 16.4 Å². The predicted molar refractivity (Wildman–Crippen MR) is 43.1 cm³/mol. The first kappa shape index (κ1) is 6.63. The number of para-hydroxylation sites is 1. The Labute approximate surface area is 60.3 Å². The number of nitrogens with one attached hydrogen (secondary N) is 1. The van der Waals surface area contributed by atoms with E-state index in [0.29, 0.717) is 0 Å². The molecule has 2 heteroatoms. The highest BCUT2D eigenvalue weighted by molar-refractivity contribution is 5.50. The molecule has 50 valence electrons. The highest BCUT2D eigenvalue weighted by atomic mass is 15.2. The van der Waals surface area contributed by atoms with Crippen LogP contribution < -0.4 is 5.43 Å². The van der Waals surface area contributed by atoms with E-state index >= 15 is 0 Å². The zero-order chi connectivity index (χ0) is 7.40. The van der Waals surface area contributed by atoms with Crippen molar-refractivity contribution in [3.05, 3.63) is 34.8 Å². The first-order valence-corrected chi connectivity index (χ1v) is 3.06. The van der Waals surface area contributed by atoms with Gasteiger partial charge in [0.2, 0.25) is 0 Å². The lowest BCUT2D eigenvalue weighted by molar-refractivity contribution is 1.44. The lowest BCUT2D eigenvalue weighted by Crippen LogP contribution is -1.85. The van der Waals surface area contributed by atoms with Gasteiger partial charge in [0, 0.05) is 0 Å². The van der Waals surface area contributed by atoms with Crippen LogP contribution in [0.25, 0.3) is 4.95 Å². The molecule has 1 aromatic carbocycles. The van der Waals surface area contributed by atoms with Gasteiger partial charge in [-0.05, 0) is 24.0 Å². The van der Waals surface area contributed by atoms with Crippen molar-refractivity contribution < 1.29 is 0 Å². The van der Waals surface area contributed by atoms with Gasteiger partial charge in [0.25, 0.3) is 0 Å². The molecule has 0 radical (unpaired) electrons. The monoisotopic (exact) mass is 133 g/mol. The summed E-state index contributed by atoms with van der Waals surface area (Å²) in [5, 5.41) is 0. The minimum absolute atomic E-state index is 0.949. The Morgan fingerprint density at radius 1 is 1.40 bits per heavy atom. The second-order valence-corrected chi connectivity index (χ2v) is 2.06. The summed E-state index contributed by atoms with van der Waals surface area (Å²) in [5.74, 6) is 0. The molecule has 0 fully saturated rings. The van der Waals surface area contributed by atoms with Gasteiger partial charge < -0.3 is 0 Å². The molecular formula is C8H9N2+. The van der Waals surface area contributed by atoms with E-state index in [1.54, 1.807) is 0 Å². The Balaban J connectivity index is 2.94. The van der Waals surface area contributed by atoms with E-state index in [1.807, 2.05) is 31.2 Å². The van der Waals surface area contributed by atoms with E-state index in [4.69, 9.17) is 6.57 Å². The van der Waals surface area contributed by atoms with Gasteiger partial charge in [-0.15, -0.1) is 0 Å². The maximum atomic E-state index is 4.94. The number of rotatable bonds is 1. The number of benzene rings is 1. The van der Waals surface area contributed by atoms with Crippen molar-refractivity contribution in [3.63, 3.8) is 0 Å². The molecular weight excluding hydrogens is 124 g/mol. The van der Waals surface area contributed by atoms with Gasteiger partial charge in [-0.2, -0.15) is 0 Å². The van der Waals surface area contributed by atoms with Crippen molar-refractivity contribution in [2.75, 3.05) is 5.43 Å². The average Bonchev–Trinajstić information content (AvgIpc) is 1.94.